The number of nitrogens with zero attached hydrogens (tertiary/aromatic N) is 3. The molecule has 0 radical (unpaired) electrons. The molecular formula is C12H18N4O. The third kappa shape index (κ3) is 2.55. The average Bonchev–Trinajstić information content (AvgIpc) is 2.89. The van der Waals surface area contributed by atoms with Crippen molar-refractivity contribution in [2.24, 2.45) is 0 Å². The largest absolute Gasteiger partial charge is 0.361 e. The molecule has 2 aromatic heterocycles. The Labute approximate surface area is 101 Å². The van der Waals surface area contributed by atoms with E-state index in [0.717, 1.165) is 36.7 Å². The van der Waals surface area contributed by atoms with Gasteiger partial charge < -0.3 is 14.4 Å². The van der Waals surface area contributed by atoms with Crippen molar-refractivity contribution < 1.29 is 4.52 Å². The fraction of sp³-hybridized carbons (Fsp3) is 0.500. The fourth-order valence-electron chi connectivity index (χ4n) is 1.85. The molecule has 1 N–H and O–H groups in total. The van der Waals surface area contributed by atoms with E-state index in [0.29, 0.717) is 0 Å². The summed E-state index contributed by atoms with van der Waals surface area (Å²) in [6.45, 7) is 8.53. The first-order valence-electron chi connectivity index (χ1n) is 5.83. The molecule has 0 amide bonds. The van der Waals surface area contributed by atoms with Crippen LogP contribution in [0, 0.1) is 13.8 Å². The smallest absolute Gasteiger partial charge is 0.138 e. The highest BCUT2D eigenvalue weighted by Crippen LogP contribution is 2.11. The van der Waals surface area contributed by atoms with E-state index < -0.39 is 0 Å². The Balaban J connectivity index is 1.92. The summed E-state index contributed by atoms with van der Waals surface area (Å²) in [5.41, 5.74) is 3.30. The minimum Gasteiger partial charge on any atom is -0.361 e. The Hall–Kier alpha value is -1.62. The number of aryl methyl sites for hydroxylation is 3. The maximum absolute atomic E-state index is 5.12. The average molecular weight is 234 g/mol. The van der Waals surface area contributed by atoms with E-state index in [1.165, 1.54) is 5.69 Å². The lowest BCUT2D eigenvalue weighted by Gasteiger charge is -2.06. The highest BCUT2D eigenvalue weighted by Gasteiger charge is 2.08. The molecule has 0 spiro atoms. The minimum atomic E-state index is 0.774. The molecule has 2 rings (SSSR count). The summed E-state index contributed by atoms with van der Waals surface area (Å²) in [4.78, 5) is 4.14. The van der Waals surface area contributed by atoms with Crippen LogP contribution >= 0.6 is 0 Å². The van der Waals surface area contributed by atoms with Gasteiger partial charge in [0.25, 0.3) is 0 Å². The van der Waals surface area contributed by atoms with Crippen LogP contribution in [0.1, 0.15) is 29.6 Å². The summed E-state index contributed by atoms with van der Waals surface area (Å²) in [7, 11) is 0. The summed E-state index contributed by atoms with van der Waals surface area (Å²) in [5, 5.41) is 7.32. The van der Waals surface area contributed by atoms with Gasteiger partial charge in [0.1, 0.15) is 5.76 Å². The Morgan fingerprint density at radius 1 is 1.35 bits per heavy atom. The van der Waals surface area contributed by atoms with Gasteiger partial charge in [0, 0.05) is 31.4 Å². The molecule has 92 valence electrons. The molecule has 5 heteroatoms. The van der Waals surface area contributed by atoms with Gasteiger partial charge in [-0.1, -0.05) is 5.16 Å². The number of hydrogen-bond acceptors (Lipinski definition) is 4. The van der Waals surface area contributed by atoms with E-state index in [1.54, 1.807) is 0 Å². The predicted molar refractivity (Wildman–Crippen MR) is 64.4 cm³/mol. The molecule has 0 bridgehead atoms. The monoisotopic (exact) mass is 234 g/mol. The Morgan fingerprint density at radius 2 is 2.18 bits per heavy atom. The molecule has 0 saturated heterocycles. The second-order valence-electron chi connectivity index (χ2n) is 4.08. The van der Waals surface area contributed by atoms with Gasteiger partial charge in [-0.05, 0) is 20.8 Å². The highest BCUT2D eigenvalue weighted by molar-refractivity contribution is 5.20. The molecule has 0 saturated carbocycles. The maximum atomic E-state index is 5.12. The molecule has 0 aliphatic heterocycles. The first kappa shape index (κ1) is 11.9. The highest BCUT2D eigenvalue weighted by atomic mass is 16.5. The van der Waals surface area contributed by atoms with E-state index in [2.05, 4.69) is 26.9 Å². The molecule has 0 aliphatic rings. The van der Waals surface area contributed by atoms with Crippen molar-refractivity contribution in [1.82, 2.24) is 20.0 Å². The Bertz CT molecular complexity index is 467. The molecule has 17 heavy (non-hydrogen) atoms. The van der Waals surface area contributed by atoms with E-state index >= 15 is 0 Å². The fourth-order valence-corrected chi connectivity index (χ4v) is 1.85. The first-order valence-corrected chi connectivity index (χ1v) is 5.83. The van der Waals surface area contributed by atoms with Crippen LogP contribution in [0.25, 0.3) is 0 Å². The van der Waals surface area contributed by atoms with Gasteiger partial charge in [0.2, 0.25) is 0 Å². The molecule has 0 fully saturated rings. The lowest BCUT2D eigenvalue weighted by atomic mass is 10.2. The summed E-state index contributed by atoms with van der Waals surface area (Å²) in [6.07, 6.45) is 3.75. The number of imidazole rings is 1. The molecular weight excluding hydrogens is 216 g/mol. The zero-order chi connectivity index (χ0) is 12.3. The maximum Gasteiger partial charge on any atom is 0.138 e. The summed E-state index contributed by atoms with van der Waals surface area (Å²) >= 11 is 0. The topological polar surface area (TPSA) is 55.9 Å². The zero-order valence-electron chi connectivity index (χ0n) is 10.5. The van der Waals surface area contributed by atoms with Crippen molar-refractivity contribution in [2.75, 3.05) is 0 Å². The Kier molecular flexibility index (Phi) is 3.58. The Morgan fingerprint density at radius 3 is 2.82 bits per heavy atom. The van der Waals surface area contributed by atoms with Crippen LogP contribution in [0.4, 0.5) is 0 Å². The number of nitrogens with one attached hydrogen (secondary N) is 1. The van der Waals surface area contributed by atoms with Crippen LogP contribution in [-0.4, -0.2) is 14.7 Å². The molecule has 0 unspecified atom stereocenters. The lowest BCUT2D eigenvalue weighted by molar-refractivity contribution is 0.391. The van der Waals surface area contributed by atoms with E-state index in [-0.39, 0.29) is 0 Å². The summed E-state index contributed by atoms with van der Waals surface area (Å²) in [6, 6.07) is 0. The SMILES string of the molecule is CCn1cncc1CNCc1c(C)noc1C. The number of hydrogen-bond donors (Lipinski definition) is 1. The second kappa shape index (κ2) is 5.14. The van der Waals surface area contributed by atoms with Gasteiger partial charge >= 0.3 is 0 Å². The van der Waals surface area contributed by atoms with Crippen molar-refractivity contribution in [2.45, 2.75) is 40.4 Å². The molecule has 0 aliphatic carbocycles. The van der Waals surface area contributed by atoms with Gasteiger partial charge in [0.15, 0.2) is 0 Å². The third-order valence-corrected chi connectivity index (χ3v) is 2.93. The quantitative estimate of drug-likeness (QED) is 0.857. The van der Waals surface area contributed by atoms with E-state index in [1.807, 2.05) is 26.4 Å². The van der Waals surface area contributed by atoms with Crippen LogP contribution in [-0.2, 0) is 19.6 Å². The van der Waals surface area contributed by atoms with Crippen molar-refractivity contribution >= 4 is 0 Å². The number of aromatic nitrogens is 3. The van der Waals surface area contributed by atoms with Gasteiger partial charge in [-0.3, -0.25) is 0 Å². The van der Waals surface area contributed by atoms with E-state index in [9.17, 15) is 0 Å². The van der Waals surface area contributed by atoms with E-state index in [4.69, 9.17) is 4.52 Å². The van der Waals surface area contributed by atoms with Crippen molar-refractivity contribution in [3.05, 3.63) is 35.2 Å². The van der Waals surface area contributed by atoms with Crippen LogP contribution in [0.3, 0.4) is 0 Å². The normalized spacial score (nSPS) is 11.0. The van der Waals surface area contributed by atoms with Crippen LogP contribution < -0.4 is 5.32 Å². The van der Waals surface area contributed by atoms with Crippen LogP contribution in [0.2, 0.25) is 0 Å². The first-order chi connectivity index (χ1) is 8.22. The molecule has 0 aromatic carbocycles. The summed E-state index contributed by atoms with van der Waals surface area (Å²) in [5.74, 6) is 0.888. The van der Waals surface area contributed by atoms with Crippen LogP contribution in [0.5, 0.6) is 0 Å². The molecule has 2 heterocycles. The van der Waals surface area contributed by atoms with Gasteiger partial charge in [-0.25, -0.2) is 4.98 Å². The second-order valence-corrected chi connectivity index (χ2v) is 4.08. The van der Waals surface area contributed by atoms with Crippen molar-refractivity contribution in [1.29, 1.82) is 0 Å². The number of rotatable bonds is 5. The van der Waals surface area contributed by atoms with Crippen LogP contribution in [0.15, 0.2) is 17.0 Å². The van der Waals surface area contributed by atoms with Gasteiger partial charge in [-0.15, -0.1) is 0 Å². The molecule has 0 atom stereocenters. The molecule has 2 aromatic rings. The van der Waals surface area contributed by atoms with Crippen molar-refractivity contribution in [3.63, 3.8) is 0 Å². The predicted octanol–water partition coefficient (Wildman–Crippen LogP) is 1.80. The van der Waals surface area contributed by atoms with Gasteiger partial charge in [-0.2, -0.15) is 0 Å². The molecule has 5 nitrogen and oxygen atoms in total. The summed E-state index contributed by atoms with van der Waals surface area (Å²) < 4.78 is 7.25. The zero-order valence-corrected chi connectivity index (χ0v) is 10.5. The van der Waals surface area contributed by atoms with Gasteiger partial charge in [0.05, 0.1) is 17.7 Å². The third-order valence-electron chi connectivity index (χ3n) is 2.93. The standard InChI is InChI=1S/C12H18N4O/c1-4-16-8-14-6-11(16)5-13-7-12-9(2)15-17-10(12)3/h6,8,13H,4-5,7H2,1-3H3. The minimum absolute atomic E-state index is 0.774. The van der Waals surface area contributed by atoms with Crippen molar-refractivity contribution in [3.8, 4) is 0 Å². The lowest BCUT2D eigenvalue weighted by Crippen LogP contribution is -2.16.